The molecule has 6 nitrogen and oxygen atoms in total. The molecule has 1 unspecified atom stereocenters. The Morgan fingerprint density at radius 3 is 2.91 bits per heavy atom. The molecule has 0 spiro atoms. The predicted molar refractivity (Wildman–Crippen MR) is 83.5 cm³/mol. The molecule has 3 N–H and O–H groups in total. The Kier molecular flexibility index (Phi) is 4.95. The molecule has 0 radical (unpaired) electrons. The molecular weight excluding hydrogens is 282 g/mol. The van der Waals surface area contributed by atoms with Gasteiger partial charge >= 0.3 is 0 Å². The number of nitrogens with one attached hydrogen (secondary N) is 2. The van der Waals surface area contributed by atoms with Gasteiger partial charge in [0.1, 0.15) is 17.2 Å². The molecule has 22 heavy (non-hydrogen) atoms. The highest BCUT2D eigenvalue weighted by Crippen LogP contribution is 2.21. The second-order valence-corrected chi connectivity index (χ2v) is 5.04. The molecule has 1 amide bonds. The molecule has 6 heteroatoms. The number of aliphatic hydroxyl groups is 1. The van der Waals surface area contributed by atoms with Crippen molar-refractivity contribution < 1.29 is 14.3 Å². The fraction of sp³-hybridized carbons (Fsp3) is 0.250. The molecule has 0 aliphatic heterocycles. The molecule has 2 rings (SSSR count). The van der Waals surface area contributed by atoms with Crippen molar-refractivity contribution in [2.45, 2.75) is 12.5 Å². The van der Waals surface area contributed by atoms with Gasteiger partial charge < -0.3 is 20.2 Å². The van der Waals surface area contributed by atoms with E-state index >= 15 is 0 Å². The third-order valence-corrected chi connectivity index (χ3v) is 3.10. The molecule has 2 aromatic rings. The summed E-state index contributed by atoms with van der Waals surface area (Å²) in [6, 6.07) is 6.78. The van der Waals surface area contributed by atoms with Crippen molar-refractivity contribution in [2.75, 3.05) is 18.4 Å². The molecule has 0 bridgehead atoms. The first kappa shape index (κ1) is 15.8. The second kappa shape index (κ2) is 6.91. The van der Waals surface area contributed by atoms with Crippen LogP contribution in [0.25, 0.3) is 0 Å². The average molecular weight is 301 g/mol. The maximum atomic E-state index is 11.7. The zero-order valence-corrected chi connectivity index (χ0v) is 12.4. The van der Waals surface area contributed by atoms with Crippen LogP contribution >= 0.6 is 0 Å². The Morgan fingerprint density at radius 2 is 2.32 bits per heavy atom. The van der Waals surface area contributed by atoms with Crippen LogP contribution in [0.2, 0.25) is 0 Å². The first-order chi connectivity index (χ1) is 10.5. The molecule has 0 fully saturated rings. The molecule has 0 aliphatic rings. The summed E-state index contributed by atoms with van der Waals surface area (Å²) in [7, 11) is 0. The van der Waals surface area contributed by atoms with Gasteiger partial charge in [-0.15, -0.1) is 6.58 Å². The van der Waals surface area contributed by atoms with Crippen molar-refractivity contribution in [3.63, 3.8) is 0 Å². The van der Waals surface area contributed by atoms with E-state index in [1.54, 1.807) is 37.3 Å². The number of rotatable bonds is 7. The second-order valence-electron chi connectivity index (χ2n) is 5.04. The minimum Gasteiger partial charge on any atom is -0.466 e. The van der Waals surface area contributed by atoms with Crippen LogP contribution in [0.15, 0.2) is 53.8 Å². The minimum atomic E-state index is -1.15. The van der Waals surface area contributed by atoms with Crippen LogP contribution in [0.4, 0.5) is 5.82 Å². The van der Waals surface area contributed by atoms with Crippen molar-refractivity contribution in [1.29, 1.82) is 0 Å². The van der Waals surface area contributed by atoms with Gasteiger partial charge in [0, 0.05) is 12.7 Å². The smallest absolute Gasteiger partial charge is 0.253 e. The molecule has 0 aromatic carbocycles. The van der Waals surface area contributed by atoms with E-state index in [0.717, 1.165) is 0 Å². The number of amides is 1. The van der Waals surface area contributed by atoms with Crippen molar-refractivity contribution in [1.82, 2.24) is 10.3 Å². The Balaban J connectivity index is 1.94. The Morgan fingerprint density at radius 1 is 1.50 bits per heavy atom. The molecule has 1 atom stereocenters. The van der Waals surface area contributed by atoms with Crippen LogP contribution in [0.3, 0.4) is 0 Å². The van der Waals surface area contributed by atoms with Crippen LogP contribution in [-0.4, -0.2) is 29.1 Å². The van der Waals surface area contributed by atoms with Crippen molar-refractivity contribution in [2.24, 2.45) is 0 Å². The van der Waals surface area contributed by atoms with Gasteiger partial charge in [0.2, 0.25) is 0 Å². The number of hydrogen-bond acceptors (Lipinski definition) is 5. The van der Waals surface area contributed by atoms with Gasteiger partial charge in [0.05, 0.1) is 18.4 Å². The van der Waals surface area contributed by atoms with E-state index in [0.29, 0.717) is 23.7 Å². The highest BCUT2D eigenvalue weighted by molar-refractivity contribution is 5.94. The predicted octanol–water partition coefficient (Wildman–Crippen LogP) is 1.91. The summed E-state index contributed by atoms with van der Waals surface area (Å²) in [4.78, 5) is 15.9. The standard InChI is InChI=1S/C16H19N3O3/c1-3-8-17-15(20)12-6-7-14(18-10-12)19-11-16(2,21)13-5-4-9-22-13/h3-7,9-10,21H,1,8,11H2,2H3,(H,17,20)(H,18,19). The SMILES string of the molecule is C=CCNC(=O)c1ccc(NCC(C)(O)c2ccco2)nc1. The normalized spacial score (nSPS) is 13.2. The fourth-order valence-electron chi connectivity index (χ4n) is 1.83. The Labute approximate surface area is 128 Å². The van der Waals surface area contributed by atoms with Gasteiger partial charge in [0.15, 0.2) is 0 Å². The third kappa shape index (κ3) is 3.95. The minimum absolute atomic E-state index is 0.207. The van der Waals surface area contributed by atoms with Crippen molar-refractivity contribution in [3.05, 3.63) is 60.7 Å². The topological polar surface area (TPSA) is 87.4 Å². The van der Waals surface area contributed by atoms with Crippen LogP contribution in [0.1, 0.15) is 23.0 Å². The van der Waals surface area contributed by atoms with Gasteiger partial charge in [-0.1, -0.05) is 6.08 Å². The molecule has 0 aliphatic carbocycles. The summed E-state index contributed by atoms with van der Waals surface area (Å²) >= 11 is 0. The van der Waals surface area contributed by atoms with Gasteiger partial charge in [-0.25, -0.2) is 4.98 Å². The number of carbonyl (C=O) groups is 1. The van der Waals surface area contributed by atoms with E-state index in [2.05, 4.69) is 22.2 Å². The number of aromatic nitrogens is 1. The Hall–Kier alpha value is -2.60. The summed E-state index contributed by atoms with van der Waals surface area (Å²) in [6.45, 7) is 5.83. The summed E-state index contributed by atoms with van der Waals surface area (Å²) in [5, 5.41) is 16.0. The number of anilines is 1. The lowest BCUT2D eigenvalue weighted by molar-refractivity contribution is 0.0476. The Bertz CT molecular complexity index is 619. The zero-order valence-electron chi connectivity index (χ0n) is 12.4. The summed E-state index contributed by atoms with van der Waals surface area (Å²) < 4.78 is 5.20. The molecule has 0 saturated heterocycles. The van der Waals surface area contributed by atoms with Gasteiger partial charge in [-0.05, 0) is 31.2 Å². The van der Waals surface area contributed by atoms with Gasteiger partial charge in [-0.2, -0.15) is 0 Å². The maximum absolute atomic E-state index is 11.7. The molecule has 0 saturated carbocycles. The quantitative estimate of drug-likeness (QED) is 0.680. The summed E-state index contributed by atoms with van der Waals surface area (Å²) in [5.74, 6) is 0.828. The molecule has 116 valence electrons. The van der Waals surface area contributed by atoms with E-state index in [1.807, 2.05) is 0 Å². The summed E-state index contributed by atoms with van der Waals surface area (Å²) in [5.41, 5.74) is -0.684. The number of hydrogen-bond donors (Lipinski definition) is 3. The van der Waals surface area contributed by atoms with Crippen molar-refractivity contribution >= 4 is 11.7 Å². The van der Waals surface area contributed by atoms with E-state index in [9.17, 15) is 9.90 Å². The van der Waals surface area contributed by atoms with E-state index in [4.69, 9.17) is 4.42 Å². The van der Waals surface area contributed by atoms with E-state index in [1.165, 1.54) is 12.5 Å². The molecule has 2 heterocycles. The third-order valence-electron chi connectivity index (χ3n) is 3.10. The fourth-order valence-corrected chi connectivity index (χ4v) is 1.83. The highest BCUT2D eigenvalue weighted by Gasteiger charge is 2.26. The first-order valence-electron chi connectivity index (χ1n) is 6.88. The zero-order chi connectivity index (χ0) is 16.0. The van der Waals surface area contributed by atoms with Crippen LogP contribution in [0.5, 0.6) is 0 Å². The number of furan rings is 1. The monoisotopic (exact) mass is 301 g/mol. The number of carbonyl (C=O) groups excluding carboxylic acids is 1. The first-order valence-corrected chi connectivity index (χ1v) is 6.88. The average Bonchev–Trinajstić information content (AvgIpc) is 3.06. The van der Waals surface area contributed by atoms with Gasteiger partial charge in [0.25, 0.3) is 5.91 Å². The van der Waals surface area contributed by atoms with E-state index in [-0.39, 0.29) is 12.5 Å². The van der Waals surface area contributed by atoms with Crippen LogP contribution in [-0.2, 0) is 5.60 Å². The molecule has 2 aromatic heterocycles. The maximum Gasteiger partial charge on any atom is 0.253 e. The van der Waals surface area contributed by atoms with E-state index < -0.39 is 5.60 Å². The lowest BCUT2D eigenvalue weighted by atomic mass is 10.0. The highest BCUT2D eigenvalue weighted by atomic mass is 16.4. The number of pyridine rings is 1. The van der Waals surface area contributed by atoms with Crippen LogP contribution in [0, 0.1) is 0 Å². The largest absolute Gasteiger partial charge is 0.466 e. The number of nitrogens with zero attached hydrogens (tertiary/aromatic N) is 1. The lowest BCUT2D eigenvalue weighted by Crippen LogP contribution is -2.30. The van der Waals surface area contributed by atoms with Gasteiger partial charge in [-0.3, -0.25) is 4.79 Å². The summed E-state index contributed by atoms with van der Waals surface area (Å²) in [6.07, 6.45) is 4.60. The lowest BCUT2D eigenvalue weighted by Gasteiger charge is -2.21. The van der Waals surface area contributed by atoms with Crippen molar-refractivity contribution in [3.8, 4) is 0 Å². The van der Waals surface area contributed by atoms with Crippen LogP contribution < -0.4 is 10.6 Å². The molecular formula is C16H19N3O3.